The zero-order valence-corrected chi connectivity index (χ0v) is 13.4. The van der Waals surface area contributed by atoms with Crippen LogP contribution >= 0.6 is 7.37 Å². The van der Waals surface area contributed by atoms with Crippen molar-refractivity contribution in [2.24, 2.45) is 0 Å². The predicted octanol–water partition coefficient (Wildman–Crippen LogP) is 2.87. The Balaban J connectivity index is 4.92. The van der Waals surface area contributed by atoms with Crippen LogP contribution in [0.3, 0.4) is 0 Å². The standard InChI is InChI=1S/C10H25O5PSi/c1-6-12-17(13-7-2,14-8-3)15-16(11,9-4)10-5/h6-10H2,1-5H3. The lowest BCUT2D eigenvalue weighted by molar-refractivity contribution is 0.0108. The molecule has 0 aromatic heterocycles. The first-order valence-corrected chi connectivity index (χ1v) is 9.84. The zero-order valence-electron chi connectivity index (χ0n) is 11.5. The van der Waals surface area contributed by atoms with Crippen molar-refractivity contribution in [2.45, 2.75) is 34.6 Å². The van der Waals surface area contributed by atoms with Gasteiger partial charge in [-0.25, -0.2) is 0 Å². The average molecular weight is 284 g/mol. The summed E-state index contributed by atoms with van der Waals surface area (Å²) in [6.07, 6.45) is 0.928. The third kappa shape index (κ3) is 5.64. The molecule has 0 atom stereocenters. The Morgan fingerprint density at radius 3 is 1.41 bits per heavy atom. The summed E-state index contributed by atoms with van der Waals surface area (Å²) in [7, 11) is -5.94. The molecular weight excluding hydrogens is 259 g/mol. The minimum Gasteiger partial charge on any atom is -0.351 e. The van der Waals surface area contributed by atoms with E-state index in [0.29, 0.717) is 32.1 Å². The summed E-state index contributed by atoms with van der Waals surface area (Å²) in [5.74, 6) is 0. The van der Waals surface area contributed by atoms with E-state index in [1.165, 1.54) is 0 Å². The fourth-order valence-electron chi connectivity index (χ4n) is 1.29. The minimum absolute atomic E-state index is 0.416. The number of rotatable bonds is 10. The molecule has 0 saturated heterocycles. The first-order valence-electron chi connectivity index (χ1n) is 6.22. The van der Waals surface area contributed by atoms with Crippen LogP contribution in [0.5, 0.6) is 0 Å². The molecule has 0 fully saturated rings. The Bertz CT molecular complexity index is 224. The van der Waals surface area contributed by atoms with Gasteiger partial charge < -0.3 is 13.3 Å². The normalized spacial score (nSPS) is 13.0. The van der Waals surface area contributed by atoms with Crippen LogP contribution in [0.15, 0.2) is 0 Å². The zero-order chi connectivity index (χ0) is 13.4. The molecule has 5 nitrogen and oxygen atoms in total. The summed E-state index contributed by atoms with van der Waals surface area (Å²) in [5, 5.41) is 0. The van der Waals surface area contributed by atoms with Crippen LogP contribution in [-0.4, -0.2) is 41.2 Å². The molecule has 0 aliphatic carbocycles. The molecule has 0 spiro atoms. The molecule has 0 N–H and O–H groups in total. The number of hydrogen-bond donors (Lipinski definition) is 0. The Morgan fingerprint density at radius 2 is 1.18 bits per heavy atom. The van der Waals surface area contributed by atoms with Gasteiger partial charge in [-0.15, -0.1) is 0 Å². The van der Waals surface area contributed by atoms with E-state index in [2.05, 4.69) is 0 Å². The van der Waals surface area contributed by atoms with Gasteiger partial charge in [0, 0.05) is 32.1 Å². The highest BCUT2D eigenvalue weighted by molar-refractivity contribution is 7.60. The molecule has 0 saturated carbocycles. The van der Waals surface area contributed by atoms with E-state index >= 15 is 0 Å². The molecule has 0 aromatic carbocycles. The summed E-state index contributed by atoms with van der Waals surface area (Å²) in [6.45, 7) is 10.4. The molecule has 0 amide bonds. The quantitative estimate of drug-likeness (QED) is 0.456. The smallest absolute Gasteiger partial charge is 0.351 e. The lowest BCUT2D eigenvalue weighted by atomic mass is 10.9. The molecule has 7 heteroatoms. The molecule has 0 heterocycles. The lowest BCUT2D eigenvalue weighted by Gasteiger charge is -2.30. The fourth-order valence-corrected chi connectivity index (χ4v) is 6.34. The van der Waals surface area contributed by atoms with Gasteiger partial charge in [-0.05, 0) is 20.8 Å². The summed E-state index contributed by atoms with van der Waals surface area (Å²) >= 11 is 0. The van der Waals surface area contributed by atoms with Crippen LogP contribution < -0.4 is 0 Å². The van der Waals surface area contributed by atoms with Gasteiger partial charge in [-0.2, -0.15) is 0 Å². The second kappa shape index (κ2) is 8.40. The van der Waals surface area contributed by atoms with E-state index in [0.717, 1.165) is 0 Å². The minimum atomic E-state index is -3.24. The average Bonchev–Trinajstić information content (AvgIpc) is 2.30. The second-order valence-corrected chi connectivity index (χ2v) is 8.83. The maximum Gasteiger partial charge on any atom is 0.685 e. The van der Waals surface area contributed by atoms with Gasteiger partial charge in [-0.1, -0.05) is 13.8 Å². The first kappa shape index (κ1) is 17.3. The SMILES string of the molecule is CCO[Si](OCC)(OCC)OP(=O)(CC)CC. The van der Waals surface area contributed by atoms with Gasteiger partial charge >= 0.3 is 9.05 Å². The Kier molecular flexibility index (Phi) is 8.54. The topological polar surface area (TPSA) is 54.0 Å². The van der Waals surface area contributed by atoms with Crippen LogP contribution in [0, 0.1) is 0 Å². The van der Waals surface area contributed by atoms with E-state index in [-0.39, 0.29) is 0 Å². The second-order valence-electron chi connectivity index (χ2n) is 3.34. The van der Waals surface area contributed by atoms with Crippen molar-refractivity contribution in [3.05, 3.63) is 0 Å². The van der Waals surface area contributed by atoms with Crippen LogP contribution in [0.4, 0.5) is 0 Å². The predicted molar refractivity (Wildman–Crippen MR) is 70.4 cm³/mol. The largest absolute Gasteiger partial charge is 0.685 e. The lowest BCUT2D eigenvalue weighted by Crippen LogP contribution is -2.48. The molecule has 0 aromatic rings. The summed E-state index contributed by atoms with van der Waals surface area (Å²) < 4.78 is 34.6. The van der Waals surface area contributed by atoms with E-state index in [9.17, 15) is 4.57 Å². The van der Waals surface area contributed by atoms with Crippen molar-refractivity contribution in [3.8, 4) is 0 Å². The van der Waals surface area contributed by atoms with Gasteiger partial charge in [0.25, 0.3) is 0 Å². The molecule has 0 rings (SSSR count). The Morgan fingerprint density at radius 1 is 0.824 bits per heavy atom. The van der Waals surface area contributed by atoms with Gasteiger partial charge in [0.05, 0.1) is 0 Å². The molecule has 0 bridgehead atoms. The molecule has 17 heavy (non-hydrogen) atoms. The Labute approximate surface area is 106 Å². The van der Waals surface area contributed by atoms with Gasteiger partial charge in [0.2, 0.25) is 0 Å². The van der Waals surface area contributed by atoms with E-state index in [4.69, 9.17) is 17.5 Å². The van der Waals surface area contributed by atoms with Crippen LogP contribution in [0.2, 0.25) is 0 Å². The van der Waals surface area contributed by atoms with Gasteiger partial charge in [0.15, 0.2) is 7.37 Å². The fraction of sp³-hybridized carbons (Fsp3) is 1.00. The molecule has 0 unspecified atom stereocenters. The summed E-state index contributed by atoms with van der Waals surface area (Å²) in [4.78, 5) is 0. The van der Waals surface area contributed by atoms with Gasteiger partial charge in [-0.3, -0.25) is 8.78 Å². The summed E-state index contributed by atoms with van der Waals surface area (Å²) in [5.41, 5.74) is 0. The van der Waals surface area contributed by atoms with Crippen molar-refractivity contribution in [1.82, 2.24) is 0 Å². The van der Waals surface area contributed by atoms with Crippen molar-refractivity contribution in [1.29, 1.82) is 0 Å². The van der Waals surface area contributed by atoms with E-state index in [1.807, 2.05) is 34.6 Å². The summed E-state index contributed by atoms with van der Waals surface area (Å²) in [6, 6.07) is 0. The van der Waals surface area contributed by atoms with Crippen LogP contribution in [0.25, 0.3) is 0 Å². The van der Waals surface area contributed by atoms with Crippen LogP contribution in [-0.2, 0) is 22.1 Å². The Hall–Kier alpha value is 0.287. The maximum absolute atomic E-state index is 12.4. The highest BCUT2D eigenvalue weighted by atomic mass is 31.2. The van der Waals surface area contributed by atoms with Gasteiger partial charge in [0.1, 0.15) is 0 Å². The van der Waals surface area contributed by atoms with Crippen LogP contribution in [0.1, 0.15) is 34.6 Å². The molecule has 0 aliphatic heterocycles. The third-order valence-corrected chi connectivity index (χ3v) is 8.28. The maximum atomic E-state index is 12.4. The molecule has 104 valence electrons. The third-order valence-electron chi connectivity index (χ3n) is 2.21. The van der Waals surface area contributed by atoms with Crippen molar-refractivity contribution in [3.63, 3.8) is 0 Å². The molecule has 0 aliphatic rings. The molecular formula is C10H25O5PSi. The highest BCUT2D eigenvalue weighted by Gasteiger charge is 2.49. The van der Waals surface area contributed by atoms with E-state index in [1.54, 1.807) is 0 Å². The monoisotopic (exact) mass is 284 g/mol. The van der Waals surface area contributed by atoms with E-state index < -0.39 is 16.4 Å². The first-order chi connectivity index (χ1) is 8.01. The van der Waals surface area contributed by atoms with Crippen molar-refractivity contribution in [2.75, 3.05) is 32.1 Å². The molecule has 0 radical (unpaired) electrons. The number of hydrogen-bond acceptors (Lipinski definition) is 5. The van der Waals surface area contributed by atoms with Crippen molar-refractivity contribution >= 4 is 16.4 Å². The highest BCUT2D eigenvalue weighted by Crippen LogP contribution is 2.49. The van der Waals surface area contributed by atoms with Crippen molar-refractivity contribution < 1.29 is 22.1 Å².